The lowest BCUT2D eigenvalue weighted by atomic mass is 10.1. The fraction of sp³-hybridized carbons (Fsp3) is 0.261. The van der Waals surface area contributed by atoms with Crippen molar-refractivity contribution in [2.45, 2.75) is 35.6 Å². The van der Waals surface area contributed by atoms with Crippen molar-refractivity contribution in [1.29, 1.82) is 5.26 Å². The van der Waals surface area contributed by atoms with Gasteiger partial charge in [-0.25, -0.2) is 4.68 Å². The van der Waals surface area contributed by atoms with Gasteiger partial charge in [-0.05, 0) is 55.8 Å². The summed E-state index contributed by atoms with van der Waals surface area (Å²) in [7, 11) is 0. The third-order valence-electron chi connectivity index (χ3n) is 5.11. The van der Waals surface area contributed by atoms with Crippen LogP contribution in [0.2, 0.25) is 5.02 Å². The molecule has 8 heteroatoms. The highest BCUT2D eigenvalue weighted by atomic mass is 35.5. The number of rotatable bonds is 5. The van der Waals surface area contributed by atoms with Crippen LogP contribution in [0.5, 0.6) is 0 Å². The van der Waals surface area contributed by atoms with Crippen LogP contribution in [-0.4, -0.2) is 28.8 Å². The molecule has 1 atom stereocenters. The number of nitrogens with zero attached hydrogens (tertiary/aromatic N) is 3. The topological polar surface area (TPSA) is 82.7 Å². The first-order valence-electron chi connectivity index (χ1n) is 10.1. The van der Waals surface area contributed by atoms with E-state index < -0.39 is 0 Å². The third-order valence-corrected chi connectivity index (χ3v) is 6.38. The Kier molecular flexibility index (Phi) is 6.62. The number of hydrogen-bond acceptors (Lipinski definition) is 5. The molecule has 0 aliphatic carbocycles. The molecule has 1 aromatic heterocycles. The minimum absolute atomic E-state index is 0.0937. The quantitative estimate of drug-likeness (QED) is 0.563. The molecule has 0 spiro atoms. The molecule has 4 rings (SSSR count). The van der Waals surface area contributed by atoms with Gasteiger partial charge < -0.3 is 10.6 Å². The lowest BCUT2D eigenvalue weighted by Gasteiger charge is -2.24. The van der Waals surface area contributed by atoms with Crippen LogP contribution in [0, 0.1) is 11.3 Å². The molecule has 3 aromatic rings. The number of nitriles is 1. The van der Waals surface area contributed by atoms with Gasteiger partial charge >= 0.3 is 0 Å². The van der Waals surface area contributed by atoms with E-state index in [-0.39, 0.29) is 11.9 Å². The van der Waals surface area contributed by atoms with Crippen molar-refractivity contribution in [3.05, 3.63) is 59.1 Å². The van der Waals surface area contributed by atoms with Gasteiger partial charge in [0.1, 0.15) is 23.1 Å². The fourth-order valence-electron chi connectivity index (χ4n) is 3.65. The Hall–Kier alpha value is -2.79. The second kappa shape index (κ2) is 9.56. The van der Waals surface area contributed by atoms with Crippen molar-refractivity contribution in [1.82, 2.24) is 15.1 Å². The molecule has 31 heavy (non-hydrogen) atoms. The summed E-state index contributed by atoms with van der Waals surface area (Å²) in [6.07, 6.45) is 1.97. The third kappa shape index (κ3) is 4.93. The van der Waals surface area contributed by atoms with Gasteiger partial charge in [0.2, 0.25) is 5.91 Å². The van der Waals surface area contributed by atoms with Crippen molar-refractivity contribution >= 4 is 35.1 Å². The Morgan fingerprint density at radius 2 is 1.90 bits per heavy atom. The van der Waals surface area contributed by atoms with Crippen LogP contribution in [0.25, 0.3) is 11.3 Å². The van der Waals surface area contributed by atoms with Crippen LogP contribution in [0.1, 0.15) is 31.4 Å². The van der Waals surface area contributed by atoms with E-state index in [1.54, 1.807) is 16.4 Å². The number of piperidine rings is 1. The Morgan fingerprint density at radius 3 is 2.48 bits per heavy atom. The van der Waals surface area contributed by atoms with Crippen molar-refractivity contribution in [3.8, 4) is 17.3 Å². The van der Waals surface area contributed by atoms with Gasteiger partial charge in [0.25, 0.3) is 0 Å². The maximum atomic E-state index is 11.8. The Morgan fingerprint density at radius 1 is 1.23 bits per heavy atom. The van der Waals surface area contributed by atoms with Crippen LogP contribution in [-0.2, 0) is 4.79 Å². The molecule has 1 amide bonds. The number of hydrogen-bond donors (Lipinski definition) is 2. The van der Waals surface area contributed by atoms with Gasteiger partial charge in [0, 0.05) is 33.8 Å². The first-order chi connectivity index (χ1) is 15.0. The number of benzene rings is 2. The molecule has 1 aliphatic rings. The van der Waals surface area contributed by atoms with Gasteiger partial charge in [0.05, 0.1) is 6.04 Å². The zero-order valence-electron chi connectivity index (χ0n) is 17.1. The van der Waals surface area contributed by atoms with Crippen LogP contribution >= 0.6 is 23.4 Å². The summed E-state index contributed by atoms with van der Waals surface area (Å²) in [5, 5.41) is 21.5. The molecule has 0 saturated carbocycles. The molecule has 158 valence electrons. The highest BCUT2D eigenvalue weighted by molar-refractivity contribution is 7.99. The molecule has 1 fully saturated rings. The molecular weight excluding hydrogens is 430 g/mol. The number of carbonyl (C=O) groups excluding carboxylic acids is 1. The summed E-state index contributed by atoms with van der Waals surface area (Å²) < 4.78 is 1.80. The highest BCUT2D eigenvalue weighted by Gasteiger charge is 2.26. The average molecular weight is 452 g/mol. The van der Waals surface area contributed by atoms with E-state index in [4.69, 9.17) is 16.7 Å². The van der Waals surface area contributed by atoms with E-state index in [1.165, 1.54) is 6.92 Å². The smallest absolute Gasteiger partial charge is 0.222 e. The monoisotopic (exact) mass is 451 g/mol. The Balaban J connectivity index is 1.66. The van der Waals surface area contributed by atoms with Gasteiger partial charge in [-0.2, -0.15) is 10.4 Å². The molecule has 2 heterocycles. The minimum Gasteiger partial charge on any atom is -0.315 e. The van der Waals surface area contributed by atoms with Gasteiger partial charge in [0.15, 0.2) is 0 Å². The second-order valence-corrected chi connectivity index (χ2v) is 8.97. The Bertz CT molecular complexity index is 1110. The maximum Gasteiger partial charge on any atom is 0.222 e. The number of amides is 1. The standard InChI is InChI=1S/C23H22ClN5OS/c1-15(30)27-23-21(13-25)22(28-29(23)18-3-2-12-26-14-18)16-4-8-19(9-5-16)31-20-10-6-17(24)7-11-20/h4-11,18,26H,2-3,12,14H2,1H3,(H,27,30). The predicted molar refractivity (Wildman–Crippen MR) is 123 cm³/mol. The van der Waals surface area contributed by atoms with Crippen LogP contribution < -0.4 is 10.6 Å². The van der Waals surface area contributed by atoms with E-state index in [2.05, 4.69) is 16.7 Å². The van der Waals surface area contributed by atoms with Gasteiger partial charge in [-0.3, -0.25) is 4.79 Å². The van der Waals surface area contributed by atoms with Crippen molar-refractivity contribution < 1.29 is 4.79 Å². The normalized spacial score (nSPS) is 16.0. The summed E-state index contributed by atoms with van der Waals surface area (Å²) in [5.74, 6) is 0.251. The summed E-state index contributed by atoms with van der Waals surface area (Å²) in [6, 6.07) is 18.0. The number of anilines is 1. The van der Waals surface area contributed by atoms with Crippen LogP contribution in [0.3, 0.4) is 0 Å². The van der Waals surface area contributed by atoms with E-state index >= 15 is 0 Å². The van der Waals surface area contributed by atoms with E-state index in [9.17, 15) is 10.1 Å². The lowest BCUT2D eigenvalue weighted by molar-refractivity contribution is -0.114. The molecule has 0 radical (unpaired) electrons. The molecule has 0 bridgehead atoms. The number of aromatic nitrogens is 2. The molecule has 2 aromatic carbocycles. The zero-order valence-corrected chi connectivity index (χ0v) is 18.6. The second-order valence-electron chi connectivity index (χ2n) is 7.39. The summed E-state index contributed by atoms with van der Waals surface area (Å²) in [6.45, 7) is 3.17. The molecule has 6 nitrogen and oxygen atoms in total. The van der Waals surface area contributed by atoms with Crippen molar-refractivity contribution in [3.63, 3.8) is 0 Å². The number of nitrogens with one attached hydrogen (secondary N) is 2. The fourth-order valence-corrected chi connectivity index (χ4v) is 4.60. The highest BCUT2D eigenvalue weighted by Crippen LogP contribution is 2.34. The summed E-state index contributed by atoms with van der Waals surface area (Å²) in [4.78, 5) is 14.0. The molecular formula is C23H22ClN5OS. The van der Waals surface area contributed by atoms with Gasteiger partial charge in [-0.1, -0.05) is 35.5 Å². The van der Waals surface area contributed by atoms with Crippen molar-refractivity contribution in [2.75, 3.05) is 18.4 Å². The minimum atomic E-state index is -0.220. The zero-order chi connectivity index (χ0) is 21.8. The Labute approximate surface area is 190 Å². The predicted octanol–water partition coefficient (Wildman–Crippen LogP) is 5.11. The molecule has 1 unspecified atom stereocenters. The first kappa shape index (κ1) is 21.4. The number of carbonyl (C=O) groups is 1. The molecule has 1 aliphatic heterocycles. The van der Waals surface area contributed by atoms with Crippen LogP contribution in [0.15, 0.2) is 58.3 Å². The van der Waals surface area contributed by atoms with E-state index in [0.29, 0.717) is 22.1 Å². The molecule has 2 N–H and O–H groups in total. The SMILES string of the molecule is CC(=O)Nc1c(C#N)c(-c2ccc(Sc3ccc(Cl)cc3)cc2)nn1C1CCCNC1. The summed E-state index contributed by atoms with van der Waals surface area (Å²) >= 11 is 7.59. The van der Waals surface area contributed by atoms with Gasteiger partial charge in [-0.15, -0.1) is 0 Å². The van der Waals surface area contributed by atoms with Crippen LogP contribution in [0.4, 0.5) is 5.82 Å². The average Bonchev–Trinajstić information content (AvgIpc) is 3.14. The molecule has 1 saturated heterocycles. The van der Waals surface area contributed by atoms with E-state index in [0.717, 1.165) is 41.3 Å². The van der Waals surface area contributed by atoms with E-state index in [1.807, 2.05) is 48.5 Å². The van der Waals surface area contributed by atoms with Crippen molar-refractivity contribution in [2.24, 2.45) is 0 Å². The lowest BCUT2D eigenvalue weighted by Crippen LogP contribution is -2.33. The first-order valence-corrected chi connectivity index (χ1v) is 11.3. The number of halogens is 1. The summed E-state index contributed by atoms with van der Waals surface area (Å²) in [5.41, 5.74) is 1.81. The maximum absolute atomic E-state index is 11.8. The largest absolute Gasteiger partial charge is 0.315 e.